The Morgan fingerprint density at radius 3 is 2.50 bits per heavy atom. The van der Waals surface area contributed by atoms with Gasteiger partial charge in [-0.05, 0) is 37.1 Å². The van der Waals surface area contributed by atoms with Crippen LogP contribution >= 0.6 is 23.2 Å². The van der Waals surface area contributed by atoms with Crippen molar-refractivity contribution in [1.82, 2.24) is 9.78 Å². The molecule has 0 N–H and O–H groups in total. The molecule has 78 valence electrons. The maximum absolute atomic E-state index is 11.5. The SMILES string of the molecule is Cc1cc([O-])n(-c2cc(Cl)ccc2Cl)n1.[Na+]. The molecule has 0 radical (unpaired) electrons. The summed E-state index contributed by atoms with van der Waals surface area (Å²) >= 11 is 11.8. The third-order valence-corrected chi connectivity index (χ3v) is 2.49. The van der Waals surface area contributed by atoms with Crippen molar-refractivity contribution in [3.8, 4) is 11.6 Å². The summed E-state index contributed by atoms with van der Waals surface area (Å²) in [5, 5.41) is 16.5. The molecule has 0 fully saturated rings. The maximum atomic E-state index is 11.5. The van der Waals surface area contributed by atoms with Crippen LogP contribution in [-0.4, -0.2) is 9.78 Å². The molecule has 0 aliphatic rings. The molecule has 0 amide bonds. The van der Waals surface area contributed by atoms with Gasteiger partial charge in [-0.3, -0.25) is 0 Å². The molecule has 0 saturated carbocycles. The predicted octanol–water partition coefficient (Wildman–Crippen LogP) is -0.435. The normalized spacial score (nSPS) is 9.94. The Balaban J connectivity index is 0.00000128. The van der Waals surface area contributed by atoms with E-state index in [1.54, 1.807) is 25.1 Å². The third kappa shape index (κ3) is 2.73. The van der Waals surface area contributed by atoms with Gasteiger partial charge in [-0.25, -0.2) is 4.68 Å². The summed E-state index contributed by atoms with van der Waals surface area (Å²) < 4.78 is 1.24. The van der Waals surface area contributed by atoms with Crippen molar-refractivity contribution in [2.24, 2.45) is 0 Å². The van der Waals surface area contributed by atoms with Crippen molar-refractivity contribution in [3.63, 3.8) is 0 Å². The molecule has 0 unspecified atom stereocenters. The van der Waals surface area contributed by atoms with Crippen LogP contribution in [0.15, 0.2) is 24.3 Å². The first-order valence-corrected chi connectivity index (χ1v) is 5.02. The minimum absolute atomic E-state index is 0. The molecule has 1 aromatic heterocycles. The van der Waals surface area contributed by atoms with Crippen LogP contribution in [0.3, 0.4) is 0 Å². The summed E-state index contributed by atoms with van der Waals surface area (Å²) in [6.07, 6.45) is 0. The Hall–Kier alpha value is -0.190. The van der Waals surface area contributed by atoms with Crippen LogP contribution in [0.4, 0.5) is 0 Å². The first kappa shape index (κ1) is 13.9. The minimum Gasteiger partial charge on any atom is -0.859 e. The van der Waals surface area contributed by atoms with Crippen molar-refractivity contribution in [2.75, 3.05) is 0 Å². The van der Waals surface area contributed by atoms with Crippen molar-refractivity contribution < 1.29 is 34.7 Å². The number of aryl methyl sites for hydroxylation is 1. The molecular formula is C10H7Cl2N2NaO. The third-order valence-electron chi connectivity index (χ3n) is 1.94. The van der Waals surface area contributed by atoms with E-state index in [1.165, 1.54) is 10.7 Å². The maximum Gasteiger partial charge on any atom is 1.00 e. The van der Waals surface area contributed by atoms with Gasteiger partial charge < -0.3 is 5.11 Å². The molecule has 0 bridgehead atoms. The number of hydrogen-bond acceptors (Lipinski definition) is 2. The Labute approximate surface area is 125 Å². The second-order valence-corrected chi connectivity index (χ2v) is 3.98. The van der Waals surface area contributed by atoms with E-state index in [1.807, 2.05) is 0 Å². The smallest absolute Gasteiger partial charge is 0.859 e. The van der Waals surface area contributed by atoms with Gasteiger partial charge in [-0.2, -0.15) is 5.10 Å². The fourth-order valence-electron chi connectivity index (χ4n) is 1.30. The molecule has 2 rings (SSSR count). The second-order valence-electron chi connectivity index (χ2n) is 3.13. The van der Waals surface area contributed by atoms with Crippen LogP contribution < -0.4 is 34.7 Å². The van der Waals surface area contributed by atoms with E-state index in [0.717, 1.165) is 0 Å². The Bertz CT molecular complexity index is 514. The number of rotatable bonds is 1. The van der Waals surface area contributed by atoms with Crippen LogP contribution in [0.5, 0.6) is 5.88 Å². The van der Waals surface area contributed by atoms with E-state index in [9.17, 15) is 5.11 Å². The Kier molecular flexibility index (Phi) is 4.71. The van der Waals surface area contributed by atoms with E-state index >= 15 is 0 Å². The molecule has 0 atom stereocenters. The molecule has 16 heavy (non-hydrogen) atoms. The molecule has 0 spiro atoms. The van der Waals surface area contributed by atoms with Crippen LogP contribution in [0.2, 0.25) is 10.0 Å². The standard InChI is InChI=1S/C10H8Cl2N2O.Na/c1-6-4-10(15)14(13-6)9-5-7(11)2-3-8(9)12;/h2-5,15H,1H3;/q;+1/p-1. The van der Waals surface area contributed by atoms with Gasteiger partial charge in [-0.15, -0.1) is 0 Å². The number of benzene rings is 1. The minimum atomic E-state index is -0.211. The molecule has 1 heterocycles. The van der Waals surface area contributed by atoms with Gasteiger partial charge in [0.05, 0.1) is 16.4 Å². The summed E-state index contributed by atoms with van der Waals surface area (Å²) in [5.74, 6) is -0.211. The number of hydrogen-bond donors (Lipinski definition) is 0. The first-order chi connectivity index (χ1) is 7.08. The molecule has 0 aliphatic carbocycles. The van der Waals surface area contributed by atoms with Crippen molar-refractivity contribution in [1.29, 1.82) is 0 Å². The van der Waals surface area contributed by atoms with Gasteiger partial charge in [0.15, 0.2) is 0 Å². The quantitative estimate of drug-likeness (QED) is 0.656. The van der Waals surface area contributed by atoms with Crippen molar-refractivity contribution in [2.45, 2.75) is 6.92 Å². The summed E-state index contributed by atoms with van der Waals surface area (Å²) in [5.41, 5.74) is 1.15. The van der Waals surface area contributed by atoms with Crippen molar-refractivity contribution >= 4 is 23.2 Å². The summed E-state index contributed by atoms with van der Waals surface area (Å²) in [6.45, 7) is 1.75. The molecule has 1 aromatic carbocycles. The second kappa shape index (κ2) is 5.43. The van der Waals surface area contributed by atoms with Crippen LogP contribution in [0.25, 0.3) is 5.69 Å². The zero-order valence-electron chi connectivity index (χ0n) is 8.87. The van der Waals surface area contributed by atoms with Crippen LogP contribution in [-0.2, 0) is 0 Å². The Morgan fingerprint density at radius 2 is 1.94 bits per heavy atom. The fourth-order valence-corrected chi connectivity index (χ4v) is 1.66. The zero-order chi connectivity index (χ0) is 11.0. The number of aromatic nitrogens is 2. The largest absolute Gasteiger partial charge is 1.00 e. The van der Waals surface area contributed by atoms with E-state index < -0.39 is 0 Å². The van der Waals surface area contributed by atoms with Gasteiger partial charge in [0.1, 0.15) is 0 Å². The first-order valence-electron chi connectivity index (χ1n) is 4.27. The topological polar surface area (TPSA) is 40.9 Å². The summed E-state index contributed by atoms with van der Waals surface area (Å²) in [6, 6.07) is 6.35. The predicted molar refractivity (Wildman–Crippen MR) is 57.8 cm³/mol. The van der Waals surface area contributed by atoms with Gasteiger partial charge in [0, 0.05) is 5.02 Å². The van der Waals surface area contributed by atoms with Gasteiger partial charge >= 0.3 is 29.6 Å². The van der Waals surface area contributed by atoms with Gasteiger partial charge in [0.25, 0.3) is 0 Å². The van der Waals surface area contributed by atoms with E-state index in [2.05, 4.69) is 5.10 Å². The molecule has 3 nitrogen and oxygen atoms in total. The molecule has 6 heteroatoms. The molecule has 0 aliphatic heterocycles. The average Bonchev–Trinajstić information content (AvgIpc) is 2.50. The van der Waals surface area contributed by atoms with Gasteiger partial charge in [0.2, 0.25) is 0 Å². The monoisotopic (exact) mass is 264 g/mol. The number of nitrogens with zero attached hydrogens (tertiary/aromatic N) is 2. The molecular weight excluding hydrogens is 258 g/mol. The van der Waals surface area contributed by atoms with E-state index in [0.29, 0.717) is 21.4 Å². The summed E-state index contributed by atoms with van der Waals surface area (Å²) in [4.78, 5) is 0. The van der Waals surface area contributed by atoms with Gasteiger partial charge in [-0.1, -0.05) is 23.2 Å². The van der Waals surface area contributed by atoms with E-state index in [4.69, 9.17) is 23.2 Å². The van der Waals surface area contributed by atoms with Crippen LogP contribution in [0, 0.1) is 6.92 Å². The zero-order valence-corrected chi connectivity index (χ0v) is 12.4. The molecule has 0 saturated heterocycles. The van der Waals surface area contributed by atoms with Crippen LogP contribution in [0.1, 0.15) is 5.69 Å². The fraction of sp³-hybridized carbons (Fsp3) is 0.100. The number of halogens is 2. The Morgan fingerprint density at radius 1 is 1.25 bits per heavy atom. The average molecular weight is 265 g/mol. The van der Waals surface area contributed by atoms with Crippen molar-refractivity contribution in [3.05, 3.63) is 40.0 Å². The van der Waals surface area contributed by atoms with E-state index in [-0.39, 0.29) is 35.4 Å². The molecule has 2 aromatic rings. The summed E-state index contributed by atoms with van der Waals surface area (Å²) in [7, 11) is 0.